The average molecular weight is 458 g/mol. The van der Waals surface area contributed by atoms with E-state index in [4.69, 9.17) is 11.6 Å². The van der Waals surface area contributed by atoms with Gasteiger partial charge in [-0.1, -0.05) is 23.7 Å². The van der Waals surface area contributed by atoms with Gasteiger partial charge in [-0.3, -0.25) is 9.78 Å². The van der Waals surface area contributed by atoms with Crippen LogP contribution >= 0.6 is 11.6 Å². The number of hydrogen-bond acceptors (Lipinski definition) is 5. The molecular formula is C21H20ClN5O3S. The largest absolute Gasteiger partial charge is 0.339 e. The normalized spacial score (nSPS) is 21.6. The van der Waals surface area contributed by atoms with E-state index in [-0.39, 0.29) is 36.0 Å². The van der Waals surface area contributed by atoms with Crippen molar-refractivity contribution in [3.8, 4) is 0 Å². The molecular weight excluding hydrogens is 438 g/mol. The Hall–Kier alpha value is -2.75. The molecule has 0 radical (unpaired) electrons. The molecule has 0 aliphatic carbocycles. The first-order valence-electron chi connectivity index (χ1n) is 9.83. The third-order valence-electron chi connectivity index (χ3n) is 5.91. The molecule has 31 heavy (non-hydrogen) atoms. The SMILES string of the molecule is Cn1cnc(S(=O)(=O)N2C[C@@H](N3Cc4ccc(Cl)cc4C3=O)[C@H](c3ccccn3)C2)c1. The quantitative estimate of drug-likeness (QED) is 0.599. The molecule has 0 bridgehead atoms. The van der Waals surface area contributed by atoms with Crippen molar-refractivity contribution in [2.75, 3.05) is 13.1 Å². The molecule has 2 aromatic heterocycles. The second-order valence-corrected chi connectivity index (χ2v) is 10.2. The Labute approximate surface area is 185 Å². The van der Waals surface area contributed by atoms with Crippen LogP contribution in [0.25, 0.3) is 0 Å². The summed E-state index contributed by atoms with van der Waals surface area (Å²) < 4.78 is 29.5. The molecule has 2 atom stereocenters. The van der Waals surface area contributed by atoms with Crippen LogP contribution in [0.2, 0.25) is 5.02 Å². The number of amides is 1. The number of fused-ring (bicyclic) bond motifs is 1. The van der Waals surface area contributed by atoms with Crippen LogP contribution in [0.15, 0.2) is 60.1 Å². The lowest BCUT2D eigenvalue weighted by atomic mass is 9.98. The number of carbonyl (C=O) groups excluding carboxylic acids is 1. The maximum atomic E-state index is 13.2. The minimum Gasteiger partial charge on any atom is -0.339 e. The van der Waals surface area contributed by atoms with Gasteiger partial charge in [0.25, 0.3) is 15.9 Å². The van der Waals surface area contributed by atoms with Crippen LogP contribution in [0.3, 0.4) is 0 Å². The molecule has 8 nitrogen and oxygen atoms in total. The van der Waals surface area contributed by atoms with Gasteiger partial charge in [0.2, 0.25) is 0 Å². The fourth-order valence-electron chi connectivity index (χ4n) is 4.37. The summed E-state index contributed by atoms with van der Waals surface area (Å²) >= 11 is 6.10. The fourth-order valence-corrected chi connectivity index (χ4v) is 5.99. The Kier molecular flexibility index (Phi) is 4.84. The molecule has 0 saturated carbocycles. The Morgan fingerprint density at radius 3 is 2.68 bits per heavy atom. The third kappa shape index (κ3) is 3.42. The molecule has 1 amide bonds. The van der Waals surface area contributed by atoms with E-state index in [9.17, 15) is 13.2 Å². The van der Waals surface area contributed by atoms with Gasteiger partial charge in [0, 0.05) is 61.3 Å². The maximum Gasteiger partial charge on any atom is 0.262 e. The molecule has 0 unspecified atom stereocenters. The number of imidazole rings is 1. The third-order valence-corrected chi connectivity index (χ3v) is 7.87. The molecule has 1 fully saturated rings. The molecule has 160 valence electrons. The van der Waals surface area contributed by atoms with Crippen LogP contribution in [0.1, 0.15) is 27.5 Å². The Morgan fingerprint density at radius 2 is 1.97 bits per heavy atom. The summed E-state index contributed by atoms with van der Waals surface area (Å²) in [5, 5.41) is 0.499. The number of halogens is 1. The van der Waals surface area contributed by atoms with E-state index in [1.807, 2.05) is 24.3 Å². The predicted octanol–water partition coefficient (Wildman–Crippen LogP) is 2.28. The number of benzene rings is 1. The first kappa shape index (κ1) is 20.2. The summed E-state index contributed by atoms with van der Waals surface area (Å²) in [5.74, 6) is -0.395. The number of nitrogens with zero attached hydrogens (tertiary/aromatic N) is 5. The molecule has 1 saturated heterocycles. The van der Waals surface area contributed by atoms with Gasteiger partial charge >= 0.3 is 0 Å². The monoisotopic (exact) mass is 457 g/mol. The minimum atomic E-state index is -3.80. The van der Waals surface area contributed by atoms with E-state index >= 15 is 0 Å². The number of rotatable bonds is 4. The van der Waals surface area contributed by atoms with Crippen molar-refractivity contribution in [1.82, 2.24) is 23.7 Å². The van der Waals surface area contributed by atoms with E-state index in [1.54, 1.807) is 34.8 Å². The van der Waals surface area contributed by atoms with Crippen LogP contribution in [0.4, 0.5) is 0 Å². The molecule has 10 heteroatoms. The van der Waals surface area contributed by atoms with Crippen molar-refractivity contribution < 1.29 is 13.2 Å². The van der Waals surface area contributed by atoms with Crippen molar-refractivity contribution in [2.24, 2.45) is 7.05 Å². The molecule has 4 heterocycles. The van der Waals surface area contributed by atoms with Crippen molar-refractivity contribution in [1.29, 1.82) is 0 Å². The molecule has 3 aromatic rings. The summed E-state index contributed by atoms with van der Waals surface area (Å²) in [6.45, 7) is 0.811. The predicted molar refractivity (Wildman–Crippen MR) is 114 cm³/mol. The highest BCUT2D eigenvalue weighted by molar-refractivity contribution is 7.89. The van der Waals surface area contributed by atoms with Crippen molar-refractivity contribution >= 4 is 27.5 Å². The fraction of sp³-hybridized carbons (Fsp3) is 0.286. The molecule has 0 N–H and O–H groups in total. The zero-order chi connectivity index (χ0) is 21.8. The number of aryl methyl sites for hydroxylation is 1. The number of sulfonamides is 1. The van der Waals surface area contributed by atoms with Gasteiger partial charge in [-0.25, -0.2) is 13.4 Å². The first-order valence-corrected chi connectivity index (χ1v) is 11.6. The maximum absolute atomic E-state index is 13.2. The standard InChI is InChI=1S/C21H20ClN5O3S/c1-25-12-20(24-13-25)31(29,30)26-10-17(18-4-2-3-7-23-18)19(11-26)27-9-14-5-6-15(22)8-16(14)21(27)28/h2-8,12-13,17,19H,9-11H2,1H3/t17-,19+/m0/s1. The molecule has 5 rings (SSSR count). The van der Waals surface area contributed by atoms with Gasteiger partial charge in [-0.05, 0) is 29.8 Å². The number of carbonyl (C=O) groups is 1. The molecule has 2 aliphatic heterocycles. The number of hydrogen-bond donors (Lipinski definition) is 0. The van der Waals surface area contributed by atoms with Gasteiger partial charge in [0.05, 0.1) is 12.4 Å². The molecule has 1 aromatic carbocycles. The van der Waals surface area contributed by atoms with E-state index in [1.165, 1.54) is 16.8 Å². The Bertz CT molecular complexity index is 1260. The minimum absolute atomic E-state index is 0.00163. The smallest absolute Gasteiger partial charge is 0.262 e. The Balaban J connectivity index is 1.51. The first-order chi connectivity index (χ1) is 14.8. The van der Waals surface area contributed by atoms with Crippen LogP contribution in [0, 0.1) is 0 Å². The lowest BCUT2D eigenvalue weighted by Gasteiger charge is -2.28. The van der Waals surface area contributed by atoms with E-state index in [0.717, 1.165) is 11.3 Å². The topological polar surface area (TPSA) is 88.4 Å². The van der Waals surface area contributed by atoms with Crippen LogP contribution in [-0.2, 0) is 23.6 Å². The second kappa shape index (κ2) is 7.44. The summed E-state index contributed by atoms with van der Waals surface area (Å²) in [5.41, 5.74) is 2.21. The number of pyridine rings is 1. The molecule has 2 aliphatic rings. The van der Waals surface area contributed by atoms with Gasteiger partial charge in [-0.2, -0.15) is 4.31 Å². The highest BCUT2D eigenvalue weighted by Gasteiger charge is 2.47. The second-order valence-electron chi connectivity index (χ2n) is 7.86. The van der Waals surface area contributed by atoms with Gasteiger partial charge < -0.3 is 9.47 Å². The van der Waals surface area contributed by atoms with Crippen molar-refractivity contribution in [3.63, 3.8) is 0 Å². The van der Waals surface area contributed by atoms with E-state index in [0.29, 0.717) is 17.1 Å². The highest BCUT2D eigenvalue weighted by Crippen LogP contribution is 2.37. The van der Waals surface area contributed by atoms with E-state index < -0.39 is 10.0 Å². The van der Waals surface area contributed by atoms with Gasteiger partial charge in [0.15, 0.2) is 5.03 Å². The zero-order valence-electron chi connectivity index (χ0n) is 16.7. The average Bonchev–Trinajstić information content (AvgIpc) is 3.47. The van der Waals surface area contributed by atoms with Gasteiger partial charge in [-0.15, -0.1) is 0 Å². The lowest BCUT2D eigenvalue weighted by Crippen LogP contribution is -2.41. The van der Waals surface area contributed by atoms with Crippen molar-refractivity contribution in [3.05, 3.63) is 77.0 Å². The highest BCUT2D eigenvalue weighted by atomic mass is 35.5. The summed E-state index contributed by atoms with van der Waals surface area (Å²) in [4.78, 5) is 23.4. The van der Waals surface area contributed by atoms with Gasteiger partial charge in [0.1, 0.15) is 0 Å². The van der Waals surface area contributed by atoms with E-state index in [2.05, 4.69) is 9.97 Å². The summed E-state index contributed by atoms with van der Waals surface area (Å²) in [6.07, 6.45) is 4.63. The lowest BCUT2D eigenvalue weighted by molar-refractivity contribution is 0.0698. The zero-order valence-corrected chi connectivity index (χ0v) is 18.3. The van der Waals surface area contributed by atoms with Crippen LogP contribution in [-0.4, -0.2) is 57.2 Å². The Morgan fingerprint density at radius 1 is 1.13 bits per heavy atom. The summed E-state index contributed by atoms with van der Waals surface area (Å²) in [6, 6.07) is 10.5. The van der Waals surface area contributed by atoms with Crippen LogP contribution < -0.4 is 0 Å². The molecule has 0 spiro atoms. The van der Waals surface area contributed by atoms with Crippen LogP contribution in [0.5, 0.6) is 0 Å². The summed E-state index contributed by atoms with van der Waals surface area (Å²) in [7, 11) is -2.08. The number of aromatic nitrogens is 3. The van der Waals surface area contributed by atoms with Crippen molar-refractivity contribution in [2.45, 2.75) is 23.5 Å².